The predicted octanol–water partition coefficient (Wildman–Crippen LogP) is 1.95. The molecule has 0 atom stereocenters. The van der Waals surface area contributed by atoms with Gasteiger partial charge in [-0.3, -0.25) is 0 Å². The van der Waals surface area contributed by atoms with Gasteiger partial charge in [0.25, 0.3) is 0 Å². The monoisotopic (exact) mass is 275 g/mol. The van der Waals surface area contributed by atoms with E-state index < -0.39 is 0 Å². The quantitative estimate of drug-likeness (QED) is 0.810. The van der Waals surface area contributed by atoms with Gasteiger partial charge in [0.15, 0.2) is 5.65 Å². The Labute approximate surface area is 93.7 Å². The molecule has 0 aliphatic rings. The van der Waals surface area contributed by atoms with Crippen LogP contribution in [0, 0.1) is 6.92 Å². The number of fused-ring (bicyclic) bond motifs is 1. The predicted molar refractivity (Wildman–Crippen MR) is 56.4 cm³/mol. The van der Waals surface area contributed by atoms with Gasteiger partial charge in [-0.2, -0.15) is 5.10 Å². The summed E-state index contributed by atoms with van der Waals surface area (Å²) in [6.07, 6.45) is 0. The molecular weight excluding hydrogens is 269 g/mol. The number of aliphatic hydroxyl groups excluding tert-OH is 1. The summed E-state index contributed by atoms with van der Waals surface area (Å²) in [5.41, 5.74) is 1.97. The maximum atomic E-state index is 8.95. The maximum Gasteiger partial charge on any atom is 0.171 e. The van der Waals surface area contributed by atoms with Gasteiger partial charge in [-0.05, 0) is 28.9 Å². The molecule has 0 aromatic carbocycles. The molecule has 0 spiro atoms. The molecule has 14 heavy (non-hydrogen) atoms. The number of halogens is 2. The molecule has 74 valence electrons. The van der Waals surface area contributed by atoms with Gasteiger partial charge in [0.1, 0.15) is 5.15 Å². The van der Waals surface area contributed by atoms with Crippen molar-refractivity contribution in [1.29, 1.82) is 0 Å². The van der Waals surface area contributed by atoms with Crippen molar-refractivity contribution in [3.8, 4) is 0 Å². The van der Waals surface area contributed by atoms with Crippen molar-refractivity contribution in [3.05, 3.63) is 27.1 Å². The minimum Gasteiger partial charge on any atom is -0.390 e. The first-order valence-electron chi connectivity index (χ1n) is 3.94. The van der Waals surface area contributed by atoms with Crippen molar-refractivity contribution in [2.24, 2.45) is 0 Å². The molecule has 0 fully saturated rings. The Hall–Kier alpha value is -0.650. The van der Waals surface area contributed by atoms with Crippen molar-refractivity contribution in [2.45, 2.75) is 13.5 Å². The van der Waals surface area contributed by atoms with E-state index in [0.29, 0.717) is 16.5 Å². The number of aryl methyl sites for hydroxylation is 1. The number of nitrogens with zero attached hydrogens (tertiary/aromatic N) is 3. The van der Waals surface area contributed by atoms with Gasteiger partial charge in [-0.1, -0.05) is 11.6 Å². The molecule has 0 saturated heterocycles. The standard InChI is InChI=1S/C8H7BrClN3O/c1-4-7(9)8-11-5(3-14)2-6(10)13(8)12-4/h2,14H,3H2,1H3. The van der Waals surface area contributed by atoms with Crippen LogP contribution in [0.3, 0.4) is 0 Å². The van der Waals surface area contributed by atoms with E-state index >= 15 is 0 Å². The molecule has 4 nitrogen and oxygen atoms in total. The van der Waals surface area contributed by atoms with Crippen LogP contribution in [0.25, 0.3) is 5.65 Å². The van der Waals surface area contributed by atoms with Gasteiger partial charge in [-0.15, -0.1) is 0 Å². The van der Waals surface area contributed by atoms with Crippen molar-refractivity contribution >= 4 is 33.2 Å². The summed E-state index contributed by atoms with van der Waals surface area (Å²) in [6.45, 7) is 1.72. The molecule has 2 aromatic heterocycles. The summed E-state index contributed by atoms with van der Waals surface area (Å²) in [5.74, 6) is 0. The number of hydrogen-bond acceptors (Lipinski definition) is 3. The van der Waals surface area contributed by atoms with Crippen LogP contribution in [0.1, 0.15) is 11.4 Å². The smallest absolute Gasteiger partial charge is 0.171 e. The van der Waals surface area contributed by atoms with Crippen molar-refractivity contribution in [2.75, 3.05) is 0 Å². The summed E-state index contributed by atoms with van der Waals surface area (Å²) >= 11 is 9.32. The number of rotatable bonds is 1. The third-order valence-corrected chi connectivity index (χ3v) is 3.06. The largest absolute Gasteiger partial charge is 0.390 e. The lowest BCUT2D eigenvalue weighted by molar-refractivity contribution is 0.277. The van der Waals surface area contributed by atoms with E-state index in [4.69, 9.17) is 16.7 Å². The summed E-state index contributed by atoms with van der Waals surface area (Å²) in [4.78, 5) is 4.19. The van der Waals surface area contributed by atoms with Crippen molar-refractivity contribution < 1.29 is 5.11 Å². The van der Waals surface area contributed by atoms with Crippen LogP contribution in [0.4, 0.5) is 0 Å². The summed E-state index contributed by atoms with van der Waals surface area (Å²) in [5, 5.41) is 13.6. The molecule has 0 aliphatic carbocycles. The van der Waals surface area contributed by atoms with Gasteiger partial charge in [0.2, 0.25) is 0 Å². The molecule has 0 saturated carbocycles. The Morgan fingerprint density at radius 3 is 3.00 bits per heavy atom. The Bertz CT molecular complexity index is 497. The second-order valence-electron chi connectivity index (χ2n) is 2.86. The van der Waals surface area contributed by atoms with Crippen LogP contribution in [0.5, 0.6) is 0 Å². The topological polar surface area (TPSA) is 50.4 Å². The average Bonchev–Trinajstić information content (AvgIpc) is 2.45. The summed E-state index contributed by atoms with van der Waals surface area (Å²) in [6, 6.07) is 1.59. The first-order chi connectivity index (χ1) is 6.63. The fourth-order valence-electron chi connectivity index (χ4n) is 1.19. The SMILES string of the molecule is Cc1nn2c(Cl)cc(CO)nc2c1Br. The first kappa shape index (κ1) is 9.89. The lowest BCUT2D eigenvalue weighted by atomic mass is 10.4. The highest BCUT2D eigenvalue weighted by molar-refractivity contribution is 9.10. The van der Waals surface area contributed by atoms with Crippen LogP contribution in [-0.2, 0) is 6.61 Å². The Morgan fingerprint density at radius 1 is 1.64 bits per heavy atom. The Morgan fingerprint density at radius 2 is 2.36 bits per heavy atom. The Kier molecular flexibility index (Phi) is 2.47. The number of aliphatic hydroxyl groups is 1. The van der Waals surface area contributed by atoms with Gasteiger partial charge in [0, 0.05) is 0 Å². The van der Waals surface area contributed by atoms with E-state index in [1.807, 2.05) is 6.92 Å². The second-order valence-corrected chi connectivity index (χ2v) is 4.04. The summed E-state index contributed by atoms with van der Waals surface area (Å²) < 4.78 is 2.33. The van der Waals surface area contributed by atoms with E-state index in [1.165, 1.54) is 4.52 Å². The van der Waals surface area contributed by atoms with E-state index in [0.717, 1.165) is 10.2 Å². The molecular formula is C8H7BrClN3O. The zero-order valence-corrected chi connectivity index (χ0v) is 9.67. The van der Waals surface area contributed by atoms with Gasteiger partial charge in [0.05, 0.1) is 22.5 Å². The second kappa shape index (κ2) is 3.49. The third-order valence-electron chi connectivity index (χ3n) is 1.86. The van der Waals surface area contributed by atoms with Crippen molar-refractivity contribution in [1.82, 2.24) is 14.6 Å². The van der Waals surface area contributed by atoms with E-state index in [-0.39, 0.29) is 6.61 Å². The van der Waals surface area contributed by atoms with Gasteiger partial charge in [-0.25, -0.2) is 9.50 Å². The zero-order valence-electron chi connectivity index (χ0n) is 7.33. The summed E-state index contributed by atoms with van der Waals surface area (Å²) in [7, 11) is 0. The molecule has 2 heterocycles. The molecule has 1 N–H and O–H groups in total. The highest BCUT2D eigenvalue weighted by Gasteiger charge is 2.11. The minimum absolute atomic E-state index is 0.132. The highest BCUT2D eigenvalue weighted by Crippen LogP contribution is 2.23. The lowest BCUT2D eigenvalue weighted by Gasteiger charge is -1.99. The number of aromatic nitrogens is 3. The molecule has 0 aliphatic heterocycles. The van der Waals surface area contributed by atoms with E-state index in [9.17, 15) is 0 Å². The minimum atomic E-state index is -0.132. The van der Waals surface area contributed by atoms with Crippen LogP contribution >= 0.6 is 27.5 Å². The molecule has 0 bridgehead atoms. The maximum absolute atomic E-state index is 8.95. The van der Waals surface area contributed by atoms with E-state index in [1.54, 1.807) is 6.07 Å². The fourth-order valence-corrected chi connectivity index (χ4v) is 1.77. The molecule has 2 rings (SSSR count). The molecule has 0 amide bonds. The fraction of sp³-hybridized carbons (Fsp3) is 0.250. The Balaban J connectivity index is 2.83. The number of hydrogen-bond donors (Lipinski definition) is 1. The normalized spacial score (nSPS) is 11.1. The van der Waals surface area contributed by atoms with Gasteiger partial charge >= 0.3 is 0 Å². The lowest BCUT2D eigenvalue weighted by Crippen LogP contribution is -1.97. The molecule has 2 aromatic rings. The van der Waals surface area contributed by atoms with Gasteiger partial charge < -0.3 is 5.11 Å². The zero-order chi connectivity index (χ0) is 10.3. The molecule has 0 unspecified atom stereocenters. The molecule has 0 radical (unpaired) electrons. The van der Waals surface area contributed by atoms with Crippen LogP contribution in [0.15, 0.2) is 10.5 Å². The van der Waals surface area contributed by atoms with E-state index in [2.05, 4.69) is 26.0 Å². The molecule has 6 heteroatoms. The van der Waals surface area contributed by atoms with Crippen LogP contribution in [-0.4, -0.2) is 19.7 Å². The average molecular weight is 277 g/mol. The third kappa shape index (κ3) is 1.41. The van der Waals surface area contributed by atoms with Crippen LogP contribution < -0.4 is 0 Å². The highest BCUT2D eigenvalue weighted by atomic mass is 79.9. The first-order valence-corrected chi connectivity index (χ1v) is 5.11. The van der Waals surface area contributed by atoms with Crippen molar-refractivity contribution in [3.63, 3.8) is 0 Å². The van der Waals surface area contributed by atoms with Crippen LogP contribution in [0.2, 0.25) is 5.15 Å².